The summed E-state index contributed by atoms with van der Waals surface area (Å²) in [6.45, 7) is 4.27. The molecule has 0 aliphatic heterocycles. The number of halogens is 1. The molecular formula is C16H20BrNO2. The van der Waals surface area contributed by atoms with Crippen molar-refractivity contribution in [3.63, 3.8) is 0 Å². The average molecular weight is 338 g/mol. The van der Waals surface area contributed by atoms with Crippen LogP contribution in [0.1, 0.15) is 56.6 Å². The van der Waals surface area contributed by atoms with Gasteiger partial charge in [-0.05, 0) is 57.9 Å². The van der Waals surface area contributed by atoms with Gasteiger partial charge < -0.3 is 4.74 Å². The number of isocyanates is 1. The van der Waals surface area contributed by atoms with Crippen LogP contribution in [0.25, 0.3) is 0 Å². The number of hydrogen-bond acceptors (Lipinski definition) is 3. The molecule has 1 aliphatic rings. The highest BCUT2D eigenvalue weighted by Gasteiger charge is 2.36. The molecule has 108 valence electrons. The van der Waals surface area contributed by atoms with Gasteiger partial charge in [-0.25, -0.2) is 4.79 Å². The topological polar surface area (TPSA) is 38.7 Å². The molecule has 0 N–H and O–H groups in total. The fourth-order valence-electron chi connectivity index (χ4n) is 3.04. The van der Waals surface area contributed by atoms with Gasteiger partial charge in [-0.3, -0.25) is 0 Å². The summed E-state index contributed by atoms with van der Waals surface area (Å²) in [6, 6.07) is 4.18. The number of ether oxygens (including phenoxy) is 1. The smallest absolute Gasteiger partial charge is 0.235 e. The van der Waals surface area contributed by atoms with Gasteiger partial charge in [0.25, 0.3) is 0 Å². The van der Waals surface area contributed by atoms with Crippen molar-refractivity contribution in [1.82, 2.24) is 0 Å². The van der Waals surface area contributed by atoms with Crippen molar-refractivity contribution in [2.24, 2.45) is 4.99 Å². The van der Waals surface area contributed by atoms with Gasteiger partial charge in [0.1, 0.15) is 5.75 Å². The van der Waals surface area contributed by atoms with Crippen molar-refractivity contribution in [2.75, 3.05) is 7.11 Å². The second-order valence-corrected chi connectivity index (χ2v) is 6.53. The number of benzene rings is 1. The zero-order chi connectivity index (χ0) is 14.8. The van der Waals surface area contributed by atoms with E-state index in [0.717, 1.165) is 47.0 Å². The van der Waals surface area contributed by atoms with Crippen LogP contribution < -0.4 is 4.74 Å². The van der Waals surface area contributed by atoms with Gasteiger partial charge >= 0.3 is 0 Å². The molecule has 2 rings (SSSR count). The lowest BCUT2D eigenvalue weighted by Crippen LogP contribution is -2.19. The Labute approximate surface area is 128 Å². The molecule has 1 aliphatic carbocycles. The van der Waals surface area contributed by atoms with Gasteiger partial charge in [-0.2, -0.15) is 4.99 Å². The highest BCUT2D eigenvalue weighted by atomic mass is 79.9. The third-order valence-electron chi connectivity index (χ3n) is 4.13. The summed E-state index contributed by atoms with van der Waals surface area (Å²) in [5.41, 5.74) is 1.85. The van der Waals surface area contributed by atoms with Crippen LogP contribution >= 0.6 is 15.9 Å². The molecule has 1 fully saturated rings. The predicted octanol–water partition coefficient (Wildman–Crippen LogP) is 4.69. The molecular weight excluding hydrogens is 318 g/mol. The van der Waals surface area contributed by atoms with E-state index < -0.39 is 0 Å². The van der Waals surface area contributed by atoms with E-state index >= 15 is 0 Å². The zero-order valence-electron chi connectivity index (χ0n) is 12.2. The second kappa shape index (κ2) is 6.11. The SMILES string of the molecule is COc1c(Br)cc(C2(N=C=O)CCCC2)cc1C(C)C. The molecule has 0 atom stereocenters. The minimum Gasteiger partial charge on any atom is -0.495 e. The standard InChI is InChI=1S/C16H20BrNO2/c1-11(2)13-8-12(9-14(17)15(13)20-3)16(18-10-19)6-4-5-7-16/h8-9,11H,4-7H2,1-3H3. The van der Waals surface area contributed by atoms with Crippen LogP contribution in [0.3, 0.4) is 0 Å². The first kappa shape index (κ1) is 15.3. The molecule has 1 saturated carbocycles. The fraction of sp³-hybridized carbons (Fsp3) is 0.562. The fourth-order valence-corrected chi connectivity index (χ4v) is 3.68. The monoisotopic (exact) mass is 337 g/mol. The molecule has 0 bridgehead atoms. The Morgan fingerprint density at radius 3 is 2.50 bits per heavy atom. The van der Waals surface area contributed by atoms with E-state index in [4.69, 9.17) is 4.74 Å². The molecule has 4 heteroatoms. The van der Waals surface area contributed by atoms with Gasteiger partial charge in [-0.1, -0.05) is 26.7 Å². The van der Waals surface area contributed by atoms with Gasteiger partial charge in [-0.15, -0.1) is 0 Å². The first-order valence-corrected chi connectivity index (χ1v) is 7.80. The number of hydrogen-bond donors (Lipinski definition) is 0. The second-order valence-electron chi connectivity index (χ2n) is 5.68. The first-order chi connectivity index (χ1) is 9.54. The molecule has 0 spiro atoms. The lowest BCUT2D eigenvalue weighted by atomic mass is 9.86. The van der Waals surface area contributed by atoms with Crippen LogP contribution in [-0.4, -0.2) is 13.2 Å². The summed E-state index contributed by atoms with van der Waals surface area (Å²) < 4.78 is 6.42. The van der Waals surface area contributed by atoms with Crippen molar-refractivity contribution in [3.05, 3.63) is 27.7 Å². The largest absolute Gasteiger partial charge is 0.495 e. The number of aliphatic imine (C=N–C) groups is 1. The van der Waals surface area contributed by atoms with Crippen LogP contribution in [0, 0.1) is 0 Å². The molecule has 0 heterocycles. The maximum absolute atomic E-state index is 10.8. The maximum atomic E-state index is 10.8. The molecule has 0 saturated heterocycles. The van der Waals surface area contributed by atoms with E-state index in [1.807, 2.05) is 6.07 Å². The number of methoxy groups -OCH3 is 1. The minimum absolute atomic E-state index is 0.347. The Hall–Kier alpha value is -1.12. The predicted molar refractivity (Wildman–Crippen MR) is 83.1 cm³/mol. The Bertz CT molecular complexity index is 542. The van der Waals surface area contributed by atoms with E-state index in [0.29, 0.717) is 5.92 Å². The van der Waals surface area contributed by atoms with Gasteiger partial charge in [0, 0.05) is 0 Å². The van der Waals surface area contributed by atoms with Crippen LogP contribution in [0.15, 0.2) is 21.6 Å². The van der Waals surface area contributed by atoms with E-state index in [-0.39, 0.29) is 5.54 Å². The molecule has 0 radical (unpaired) electrons. The third-order valence-corrected chi connectivity index (χ3v) is 4.72. The Kier molecular flexibility index (Phi) is 4.66. The molecule has 0 aromatic heterocycles. The summed E-state index contributed by atoms with van der Waals surface area (Å²) in [5, 5.41) is 0. The maximum Gasteiger partial charge on any atom is 0.235 e. The average Bonchev–Trinajstić information content (AvgIpc) is 2.88. The molecule has 0 unspecified atom stereocenters. The van der Waals surface area contributed by atoms with Crippen molar-refractivity contribution < 1.29 is 9.53 Å². The zero-order valence-corrected chi connectivity index (χ0v) is 13.8. The summed E-state index contributed by atoms with van der Waals surface area (Å²) in [4.78, 5) is 15.0. The Balaban J connectivity index is 2.60. The summed E-state index contributed by atoms with van der Waals surface area (Å²) in [5.74, 6) is 1.21. The first-order valence-electron chi connectivity index (χ1n) is 7.01. The number of carbonyl (C=O) groups excluding carboxylic acids is 1. The van der Waals surface area contributed by atoms with E-state index in [2.05, 4.69) is 40.8 Å². The van der Waals surface area contributed by atoms with E-state index in [1.165, 1.54) is 0 Å². The molecule has 1 aromatic carbocycles. The van der Waals surface area contributed by atoms with Crippen LogP contribution in [0.2, 0.25) is 0 Å². The van der Waals surface area contributed by atoms with Gasteiger partial charge in [0.15, 0.2) is 0 Å². The lowest BCUT2D eigenvalue weighted by Gasteiger charge is -2.25. The molecule has 0 amide bonds. The molecule has 3 nitrogen and oxygen atoms in total. The normalized spacial score (nSPS) is 17.1. The quantitative estimate of drug-likeness (QED) is 0.590. The Morgan fingerprint density at radius 1 is 1.35 bits per heavy atom. The van der Waals surface area contributed by atoms with Gasteiger partial charge in [0.2, 0.25) is 6.08 Å². The Morgan fingerprint density at radius 2 is 2.00 bits per heavy atom. The highest BCUT2D eigenvalue weighted by Crippen LogP contribution is 2.46. The highest BCUT2D eigenvalue weighted by molar-refractivity contribution is 9.10. The summed E-state index contributed by atoms with van der Waals surface area (Å²) in [7, 11) is 1.68. The van der Waals surface area contributed by atoms with Gasteiger partial charge in [0.05, 0.1) is 17.1 Å². The van der Waals surface area contributed by atoms with Crippen LogP contribution in [0.5, 0.6) is 5.75 Å². The van der Waals surface area contributed by atoms with Crippen LogP contribution in [-0.2, 0) is 10.3 Å². The summed E-state index contributed by atoms with van der Waals surface area (Å²) in [6.07, 6.45) is 5.81. The van der Waals surface area contributed by atoms with Crippen molar-refractivity contribution >= 4 is 22.0 Å². The summed E-state index contributed by atoms with van der Waals surface area (Å²) >= 11 is 3.58. The minimum atomic E-state index is -0.389. The van der Waals surface area contributed by atoms with E-state index in [1.54, 1.807) is 13.2 Å². The molecule has 1 aromatic rings. The lowest BCUT2D eigenvalue weighted by molar-refractivity contribution is 0.402. The van der Waals surface area contributed by atoms with Crippen molar-refractivity contribution in [1.29, 1.82) is 0 Å². The third kappa shape index (κ3) is 2.68. The number of nitrogens with zero attached hydrogens (tertiary/aromatic N) is 1. The van der Waals surface area contributed by atoms with Crippen LogP contribution in [0.4, 0.5) is 0 Å². The van der Waals surface area contributed by atoms with E-state index in [9.17, 15) is 4.79 Å². The molecule has 20 heavy (non-hydrogen) atoms. The van der Waals surface area contributed by atoms with Crippen molar-refractivity contribution in [2.45, 2.75) is 51.0 Å². The van der Waals surface area contributed by atoms with Crippen molar-refractivity contribution in [3.8, 4) is 5.75 Å². The number of rotatable bonds is 4.